The Kier molecular flexibility index (Phi) is 8.43. The van der Waals surface area contributed by atoms with E-state index in [9.17, 15) is 18.4 Å². The molecule has 2 amide bonds. The summed E-state index contributed by atoms with van der Waals surface area (Å²) in [6, 6.07) is 3.30. The molecule has 0 aromatic carbocycles. The maximum atomic E-state index is 13.8. The van der Waals surface area contributed by atoms with Gasteiger partial charge in [0.25, 0.3) is 5.92 Å². The van der Waals surface area contributed by atoms with Crippen molar-refractivity contribution in [2.24, 2.45) is 5.92 Å². The van der Waals surface area contributed by atoms with Gasteiger partial charge in [-0.1, -0.05) is 6.07 Å². The Morgan fingerprint density at radius 1 is 1.20 bits per heavy atom. The van der Waals surface area contributed by atoms with Crippen molar-refractivity contribution in [2.45, 2.75) is 97.4 Å². The molecule has 0 bridgehead atoms. The van der Waals surface area contributed by atoms with E-state index < -0.39 is 41.3 Å². The smallest absolute Gasteiger partial charge is 0.415 e. The first kappa shape index (κ1) is 30.1. The highest BCUT2D eigenvalue weighted by Gasteiger charge is 2.57. The molecule has 4 rings (SSSR count). The molecular formula is C28H36F2N4O4S2. The van der Waals surface area contributed by atoms with E-state index in [1.54, 1.807) is 31.9 Å². The van der Waals surface area contributed by atoms with Gasteiger partial charge in [-0.25, -0.2) is 18.4 Å². The molecular weight excluding hydrogens is 558 g/mol. The summed E-state index contributed by atoms with van der Waals surface area (Å²) in [6.07, 6.45) is 0.640. The number of hydrogen-bond donors (Lipinski definition) is 1. The molecule has 1 aliphatic rings. The second-order valence-electron chi connectivity index (χ2n) is 12.1. The second kappa shape index (κ2) is 11.2. The number of thiophene rings is 2. The number of aromatic nitrogens is 2. The van der Waals surface area contributed by atoms with Crippen molar-refractivity contribution in [1.29, 1.82) is 0 Å². The van der Waals surface area contributed by atoms with Gasteiger partial charge in [0.2, 0.25) is 0 Å². The SMILES string of the molecule is Cc1c(C[C@@H](C[C@H]2CC2(F)F)NC(=O)OC(C)(C)C)sc2c(N(Cc3cccs3)C(=O)OC(C)(C)C)cnnc12. The van der Waals surface area contributed by atoms with Crippen molar-refractivity contribution in [3.05, 3.63) is 39.0 Å². The third-order valence-electron chi connectivity index (χ3n) is 6.26. The van der Waals surface area contributed by atoms with Crippen LogP contribution < -0.4 is 10.2 Å². The molecule has 0 spiro atoms. The number of nitrogens with one attached hydrogen (secondary N) is 1. The predicted molar refractivity (Wildman–Crippen MR) is 153 cm³/mol. The van der Waals surface area contributed by atoms with Gasteiger partial charge in [0.15, 0.2) is 0 Å². The van der Waals surface area contributed by atoms with E-state index in [-0.39, 0.29) is 12.8 Å². The number of carbonyl (C=O) groups excluding carboxylic acids is 2. The summed E-state index contributed by atoms with van der Waals surface area (Å²) in [5, 5.41) is 13.3. The Morgan fingerprint density at radius 2 is 1.88 bits per heavy atom. The number of anilines is 1. The van der Waals surface area contributed by atoms with Gasteiger partial charge in [-0.15, -0.1) is 27.8 Å². The van der Waals surface area contributed by atoms with E-state index in [0.717, 1.165) is 20.0 Å². The van der Waals surface area contributed by atoms with Crippen LogP contribution in [0.4, 0.5) is 24.1 Å². The van der Waals surface area contributed by atoms with E-state index in [2.05, 4.69) is 15.5 Å². The molecule has 1 N–H and O–H groups in total. The summed E-state index contributed by atoms with van der Waals surface area (Å²) in [4.78, 5) is 29.3. The average molecular weight is 595 g/mol. The van der Waals surface area contributed by atoms with Crippen LogP contribution in [0.5, 0.6) is 0 Å². The Bertz CT molecular complexity index is 1360. The highest BCUT2D eigenvalue weighted by atomic mass is 32.1. The number of alkyl carbamates (subject to hydrolysis) is 1. The minimum absolute atomic E-state index is 0.126. The summed E-state index contributed by atoms with van der Waals surface area (Å²) >= 11 is 2.94. The second-order valence-corrected chi connectivity index (χ2v) is 14.3. The predicted octanol–water partition coefficient (Wildman–Crippen LogP) is 7.48. The van der Waals surface area contributed by atoms with Crippen LogP contribution >= 0.6 is 22.7 Å². The lowest BCUT2D eigenvalue weighted by molar-refractivity contribution is 0.0485. The summed E-state index contributed by atoms with van der Waals surface area (Å²) in [7, 11) is 0. The fourth-order valence-electron chi connectivity index (χ4n) is 4.31. The number of carbonyl (C=O) groups is 2. The van der Waals surface area contributed by atoms with Crippen molar-refractivity contribution in [3.8, 4) is 0 Å². The average Bonchev–Trinajstić information content (AvgIpc) is 3.14. The number of hydrogen-bond acceptors (Lipinski definition) is 8. The van der Waals surface area contributed by atoms with Gasteiger partial charge in [0, 0.05) is 34.6 Å². The van der Waals surface area contributed by atoms with E-state index in [4.69, 9.17) is 9.47 Å². The number of nitrogens with zero attached hydrogens (tertiary/aromatic N) is 3. The van der Waals surface area contributed by atoms with Gasteiger partial charge in [-0.2, -0.15) is 5.10 Å². The molecule has 3 heterocycles. The molecule has 3 aromatic rings. The van der Waals surface area contributed by atoms with E-state index in [1.807, 2.05) is 45.2 Å². The van der Waals surface area contributed by atoms with Gasteiger partial charge in [0.05, 0.1) is 23.1 Å². The summed E-state index contributed by atoms with van der Waals surface area (Å²) < 4.78 is 39.5. The fourth-order valence-corrected chi connectivity index (χ4v) is 6.35. The zero-order valence-electron chi connectivity index (χ0n) is 23.8. The highest BCUT2D eigenvalue weighted by Crippen LogP contribution is 2.51. The Balaban J connectivity index is 1.67. The number of fused-ring (bicyclic) bond motifs is 1. The number of amides is 2. The molecule has 0 aliphatic heterocycles. The minimum Gasteiger partial charge on any atom is -0.444 e. The van der Waals surface area contributed by atoms with E-state index in [1.165, 1.54) is 22.7 Å². The fraction of sp³-hybridized carbons (Fsp3) is 0.571. The van der Waals surface area contributed by atoms with Crippen LogP contribution in [-0.4, -0.2) is 45.6 Å². The minimum atomic E-state index is -2.71. The van der Waals surface area contributed by atoms with Crippen molar-refractivity contribution >= 4 is 50.8 Å². The maximum Gasteiger partial charge on any atom is 0.415 e. The van der Waals surface area contributed by atoms with Crippen molar-refractivity contribution < 1.29 is 27.8 Å². The topological polar surface area (TPSA) is 93.7 Å². The molecule has 0 saturated heterocycles. The molecule has 1 aliphatic carbocycles. The summed E-state index contributed by atoms with van der Waals surface area (Å²) in [5.41, 5.74) is 0.575. The van der Waals surface area contributed by atoms with Crippen molar-refractivity contribution in [2.75, 3.05) is 4.90 Å². The lowest BCUT2D eigenvalue weighted by atomic mass is 10.0. The molecule has 1 saturated carbocycles. The molecule has 0 radical (unpaired) electrons. The molecule has 8 nitrogen and oxygen atoms in total. The number of rotatable bonds is 8. The third kappa shape index (κ3) is 7.66. The molecule has 3 aromatic heterocycles. The van der Waals surface area contributed by atoms with Gasteiger partial charge in [-0.3, -0.25) is 4.90 Å². The lowest BCUT2D eigenvalue weighted by Gasteiger charge is -2.27. The number of aryl methyl sites for hydroxylation is 1. The highest BCUT2D eigenvalue weighted by molar-refractivity contribution is 7.19. The Morgan fingerprint density at radius 3 is 2.45 bits per heavy atom. The molecule has 40 heavy (non-hydrogen) atoms. The summed E-state index contributed by atoms with van der Waals surface area (Å²) in [6.45, 7) is 12.9. The van der Waals surface area contributed by atoms with Crippen LogP contribution in [0.3, 0.4) is 0 Å². The number of ether oxygens (including phenoxy) is 2. The van der Waals surface area contributed by atoms with Gasteiger partial charge < -0.3 is 14.8 Å². The van der Waals surface area contributed by atoms with Crippen LogP contribution in [0.25, 0.3) is 10.2 Å². The van der Waals surface area contributed by atoms with E-state index >= 15 is 0 Å². The van der Waals surface area contributed by atoms with Gasteiger partial charge >= 0.3 is 12.2 Å². The first-order valence-electron chi connectivity index (χ1n) is 13.2. The van der Waals surface area contributed by atoms with Crippen LogP contribution in [0.1, 0.15) is 69.7 Å². The molecule has 12 heteroatoms. The van der Waals surface area contributed by atoms with Crippen LogP contribution in [0.2, 0.25) is 0 Å². The summed E-state index contributed by atoms with van der Waals surface area (Å²) in [5.74, 6) is -3.50. The number of alkyl halides is 2. The largest absolute Gasteiger partial charge is 0.444 e. The zero-order chi connectivity index (χ0) is 29.5. The standard InChI is InChI=1S/C28H36F2N4O4S2/c1-16-21(12-18(11-17-13-28(17,29)30)32-24(35)37-26(2,3)4)40-23-20(14-31-33-22(16)23)34(15-19-9-8-10-39-19)25(36)38-27(5,6)7/h8-10,14,17-18H,11-13,15H2,1-7H3,(H,32,35)/t17-,18+/m0/s1. The Labute approximate surface area is 241 Å². The number of halogens is 2. The van der Waals surface area contributed by atoms with Crippen LogP contribution in [0.15, 0.2) is 23.7 Å². The van der Waals surface area contributed by atoms with Gasteiger partial charge in [0.1, 0.15) is 16.7 Å². The van der Waals surface area contributed by atoms with Crippen LogP contribution in [0, 0.1) is 12.8 Å². The molecule has 2 atom stereocenters. The van der Waals surface area contributed by atoms with Crippen LogP contribution in [-0.2, 0) is 22.4 Å². The third-order valence-corrected chi connectivity index (χ3v) is 8.45. The van der Waals surface area contributed by atoms with Gasteiger partial charge in [-0.05, 0) is 71.9 Å². The molecule has 1 fully saturated rings. The van der Waals surface area contributed by atoms with Crippen molar-refractivity contribution in [3.63, 3.8) is 0 Å². The molecule has 218 valence electrons. The Hall–Kier alpha value is -2.86. The first-order valence-corrected chi connectivity index (χ1v) is 14.9. The normalized spacial score (nSPS) is 17.4. The maximum absolute atomic E-state index is 13.8. The monoisotopic (exact) mass is 594 g/mol. The van der Waals surface area contributed by atoms with Crippen molar-refractivity contribution in [1.82, 2.24) is 15.5 Å². The zero-order valence-corrected chi connectivity index (χ0v) is 25.5. The molecule has 0 unspecified atom stereocenters. The quantitative estimate of drug-likeness (QED) is 0.291. The van der Waals surface area contributed by atoms with E-state index in [0.29, 0.717) is 24.2 Å². The lowest BCUT2D eigenvalue weighted by Crippen LogP contribution is -2.40. The first-order chi connectivity index (χ1) is 18.5.